The molecule has 168 valence electrons. The van der Waals surface area contributed by atoms with Crippen LogP contribution in [0.1, 0.15) is 19.8 Å². The molecule has 1 saturated carbocycles. The van der Waals surface area contributed by atoms with Gasteiger partial charge in [-0.05, 0) is 30.5 Å². The zero-order valence-corrected chi connectivity index (χ0v) is 20.2. The lowest BCUT2D eigenvalue weighted by atomic mass is 10.1. The van der Waals surface area contributed by atoms with E-state index >= 15 is 0 Å². The molecule has 2 atom stereocenters. The molecule has 0 bridgehead atoms. The minimum atomic E-state index is -1.91. The maximum Gasteiger partial charge on any atom is 0.369 e. The topological polar surface area (TPSA) is 122 Å². The summed E-state index contributed by atoms with van der Waals surface area (Å²) < 4.78 is 8.11. The van der Waals surface area contributed by atoms with Crippen LogP contribution in [0, 0.1) is 5.92 Å². The second kappa shape index (κ2) is 10.6. The minimum absolute atomic E-state index is 0.205. The van der Waals surface area contributed by atoms with Crippen molar-refractivity contribution < 1.29 is 33.8 Å². The van der Waals surface area contributed by atoms with Gasteiger partial charge in [-0.3, -0.25) is 14.5 Å². The quantitative estimate of drug-likeness (QED) is 0.151. The lowest BCUT2D eigenvalue weighted by Crippen LogP contribution is -2.69. The maximum atomic E-state index is 12.6. The molecule has 0 aromatic carbocycles. The number of halogens is 4. The van der Waals surface area contributed by atoms with Crippen molar-refractivity contribution in [2.24, 2.45) is 5.92 Å². The third-order valence-corrected chi connectivity index (χ3v) is 5.85. The van der Waals surface area contributed by atoms with Crippen molar-refractivity contribution >= 4 is 85.6 Å². The normalized spacial score (nSPS) is 22.0. The number of rotatable bonds is 8. The first-order chi connectivity index (χ1) is 13.9. The molecule has 2 aliphatic rings. The summed E-state index contributed by atoms with van der Waals surface area (Å²) in [5.74, 6) is -2.62. The number of carbonyl (C=O) groups excluding carboxylic acids is 4. The first-order valence-corrected chi connectivity index (χ1v) is 11.7. The SMILES string of the molecule is CC(=O)NC1C(=O)N(C(C(=O)OCC(Cl)(Cl)Cl)=C(O)CBr)C1SC(=O)OCC1CC1. The number of thioether (sulfide) groups is 1. The smallest absolute Gasteiger partial charge is 0.369 e. The van der Waals surface area contributed by atoms with Gasteiger partial charge in [-0.25, -0.2) is 9.59 Å². The standard InChI is InChI=1S/C16H18BrCl3N2O7S/c1-7(23)21-10-12(25)22(13(10)30-15(27)28-5-8-2-3-8)11(9(24)4-17)14(26)29-6-16(18,19)20/h8,10,13,24H,2-6H2,1H3,(H,21,23). The number of hydrogen-bond acceptors (Lipinski definition) is 8. The van der Waals surface area contributed by atoms with E-state index in [1.165, 1.54) is 6.92 Å². The van der Waals surface area contributed by atoms with Gasteiger partial charge in [-0.1, -0.05) is 50.7 Å². The highest BCUT2D eigenvalue weighted by Gasteiger charge is 2.54. The Balaban J connectivity index is 2.21. The minimum Gasteiger partial charge on any atom is -0.509 e. The molecular weight excluding hydrogens is 551 g/mol. The van der Waals surface area contributed by atoms with Crippen LogP contribution in [0.25, 0.3) is 0 Å². The van der Waals surface area contributed by atoms with Gasteiger partial charge in [0.25, 0.3) is 5.91 Å². The predicted molar refractivity (Wildman–Crippen MR) is 115 cm³/mol. The lowest BCUT2D eigenvalue weighted by Gasteiger charge is -2.45. The summed E-state index contributed by atoms with van der Waals surface area (Å²) in [6, 6.07) is -1.11. The Kier molecular flexibility index (Phi) is 8.99. The third-order valence-electron chi connectivity index (χ3n) is 3.95. The van der Waals surface area contributed by atoms with E-state index in [2.05, 4.69) is 21.2 Å². The van der Waals surface area contributed by atoms with Gasteiger partial charge in [-0.2, -0.15) is 0 Å². The van der Waals surface area contributed by atoms with E-state index < -0.39 is 56.4 Å². The number of carbonyl (C=O) groups is 4. The molecule has 9 nitrogen and oxygen atoms in total. The van der Waals surface area contributed by atoms with Crippen molar-refractivity contribution in [3.8, 4) is 0 Å². The molecule has 2 fully saturated rings. The third kappa shape index (κ3) is 7.08. The van der Waals surface area contributed by atoms with Crippen LogP contribution in [0.3, 0.4) is 0 Å². The number of aliphatic hydroxyl groups excluding tert-OH is 1. The summed E-state index contributed by atoms with van der Waals surface area (Å²) in [6.45, 7) is 0.803. The second-order valence-corrected chi connectivity index (χ2v) is 10.6. The van der Waals surface area contributed by atoms with E-state index in [0.29, 0.717) is 17.7 Å². The molecule has 14 heteroatoms. The summed E-state index contributed by atoms with van der Waals surface area (Å²) in [7, 11) is 0. The number of allylic oxidation sites excluding steroid dienone is 1. The molecule has 1 heterocycles. The van der Waals surface area contributed by atoms with Gasteiger partial charge in [0.05, 0.1) is 11.9 Å². The van der Waals surface area contributed by atoms with Gasteiger partial charge in [0.1, 0.15) is 23.8 Å². The van der Waals surface area contributed by atoms with Crippen molar-refractivity contribution in [1.82, 2.24) is 10.2 Å². The Morgan fingerprint density at radius 2 is 1.93 bits per heavy atom. The molecule has 0 aromatic heterocycles. The first-order valence-electron chi connectivity index (χ1n) is 8.60. The molecule has 2 N–H and O–H groups in total. The van der Waals surface area contributed by atoms with Crippen LogP contribution in [0.4, 0.5) is 4.79 Å². The molecule has 2 rings (SSSR count). The number of likely N-dealkylation sites (tertiary alicyclic amines) is 1. The number of hydrogen-bond donors (Lipinski definition) is 2. The molecule has 0 aromatic rings. The number of alkyl halides is 4. The summed E-state index contributed by atoms with van der Waals surface area (Å²) in [5, 5.41) is 10.7. The Hall–Kier alpha value is -0.880. The number of aliphatic hydroxyl groups is 1. The molecule has 2 unspecified atom stereocenters. The molecule has 0 spiro atoms. The monoisotopic (exact) mass is 566 g/mol. The fraction of sp³-hybridized carbons (Fsp3) is 0.625. The van der Waals surface area contributed by atoms with Gasteiger partial charge in [0.15, 0.2) is 5.70 Å². The Morgan fingerprint density at radius 1 is 1.30 bits per heavy atom. The van der Waals surface area contributed by atoms with Crippen LogP contribution in [-0.4, -0.2) is 66.8 Å². The van der Waals surface area contributed by atoms with Crippen molar-refractivity contribution in [3.05, 3.63) is 11.5 Å². The van der Waals surface area contributed by atoms with Gasteiger partial charge in [0, 0.05) is 6.92 Å². The molecule has 1 saturated heterocycles. The highest BCUT2D eigenvalue weighted by Crippen LogP contribution is 2.37. The largest absolute Gasteiger partial charge is 0.509 e. The summed E-state index contributed by atoms with van der Waals surface area (Å²) in [5.41, 5.74) is -0.541. The van der Waals surface area contributed by atoms with Crippen LogP contribution in [0.15, 0.2) is 11.5 Å². The van der Waals surface area contributed by atoms with Crippen molar-refractivity contribution in [1.29, 1.82) is 0 Å². The number of nitrogens with zero attached hydrogens (tertiary/aromatic N) is 1. The first kappa shape index (κ1) is 25.4. The van der Waals surface area contributed by atoms with Gasteiger partial charge in [-0.15, -0.1) is 0 Å². The summed E-state index contributed by atoms with van der Waals surface area (Å²) >= 11 is 20.3. The van der Waals surface area contributed by atoms with Crippen LogP contribution >= 0.6 is 62.5 Å². The lowest BCUT2D eigenvalue weighted by molar-refractivity contribution is -0.152. The zero-order chi connectivity index (χ0) is 22.6. The van der Waals surface area contributed by atoms with Crippen LogP contribution < -0.4 is 5.32 Å². The van der Waals surface area contributed by atoms with E-state index in [9.17, 15) is 24.3 Å². The Bertz CT molecular complexity index is 758. The van der Waals surface area contributed by atoms with Gasteiger partial charge < -0.3 is 19.9 Å². The predicted octanol–water partition coefficient (Wildman–Crippen LogP) is 3.02. The van der Waals surface area contributed by atoms with Gasteiger partial charge in [0.2, 0.25) is 9.70 Å². The van der Waals surface area contributed by atoms with Crippen LogP contribution in [0.5, 0.6) is 0 Å². The number of esters is 1. The highest BCUT2D eigenvalue weighted by atomic mass is 79.9. The molecule has 1 aliphatic heterocycles. The number of amides is 2. The molecular formula is C16H18BrCl3N2O7S. The fourth-order valence-electron chi connectivity index (χ4n) is 2.41. The number of nitrogens with one attached hydrogen (secondary N) is 1. The molecule has 30 heavy (non-hydrogen) atoms. The van der Waals surface area contributed by atoms with Crippen LogP contribution in [-0.2, 0) is 23.9 Å². The average molecular weight is 569 g/mol. The van der Waals surface area contributed by atoms with E-state index in [1.807, 2.05) is 0 Å². The Labute approximate surface area is 199 Å². The van der Waals surface area contributed by atoms with E-state index in [1.54, 1.807) is 0 Å². The summed E-state index contributed by atoms with van der Waals surface area (Å²) in [6.07, 6.45) is 1.95. The van der Waals surface area contributed by atoms with E-state index in [4.69, 9.17) is 44.3 Å². The van der Waals surface area contributed by atoms with Crippen molar-refractivity contribution in [2.75, 3.05) is 18.5 Å². The van der Waals surface area contributed by atoms with Crippen LogP contribution in [0.2, 0.25) is 0 Å². The number of ether oxygens (including phenoxy) is 2. The Morgan fingerprint density at radius 3 is 2.43 bits per heavy atom. The molecule has 1 aliphatic carbocycles. The van der Waals surface area contributed by atoms with E-state index in [-0.39, 0.29) is 11.9 Å². The average Bonchev–Trinajstić information content (AvgIpc) is 3.48. The zero-order valence-electron chi connectivity index (χ0n) is 15.5. The molecule has 2 amide bonds. The fourth-order valence-corrected chi connectivity index (χ4v) is 3.81. The molecule has 0 radical (unpaired) electrons. The van der Waals surface area contributed by atoms with Crippen molar-refractivity contribution in [3.63, 3.8) is 0 Å². The number of β-lactam (4-membered cyclic amide) rings is 1. The second-order valence-electron chi connectivity index (χ2n) is 6.52. The highest BCUT2D eigenvalue weighted by molar-refractivity contribution is 9.09. The van der Waals surface area contributed by atoms with E-state index in [0.717, 1.165) is 17.7 Å². The maximum absolute atomic E-state index is 12.6. The van der Waals surface area contributed by atoms with Crippen molar-refractivity contribution in [2.45, 2.75) is 35.0 Å². The van der Waals surface area contributed by atoms with Gasteiger partial charge >= 0.3 is 11.3 Å². The summed E-state index contributed by atoms with van der Waals surface area (Å²) in [4.78, 5) is 49.6.